The number of hydrogen-bond donors (Lipinski definition) is 2. The smallest absolute Gasteiger partial charge is 0.251 e. The summed E-state index contributed by atoms with van der Waals surface area (Å²) in [6.45, 7) is 9.08. The molecule has 156 valence electrons. The van der Waals surface area contributed by atoms with Crippen LogP contribution in [0.1, 0.15) is 39.0 Å². The molecule has 0 radical (unpaired) electrons. The zero-order chi connectivity index (χ0) is 20.8. The van der Waals surface area contributed by atoms with E-state index in [1.807, 2.05) is 45.0 Å². The van der Waals surface area contributed by atoms with Gasteiger partial charge in [-0.1, -0.05) is 6.07 Å². The van der Waals surface area contributed by atoms with Gasteiger partial charge in [-0.2, -0.15) is 0 Å². The highest BCUT2D eigenvalue weighted by Crippen LogP contribution is 2.23. The minimum Gasteiger partial charge on any atom is -0.465 e. The summed E-state index contributed by atoms with van der Waals surface area (Å²) in [6, 6.07) is 9.31. The zero-order valence-electron chi connectivity index (χ0n) is 17.3. The van der Waals surface area contributed by atoms with Gasteiger partial charge < -0.3 is 19.8 Å². The van der Waals surface area contributed by atoms with Gasteiger partial charge >= 0.3 is 0 Å². The number of amides is 2. The maximum atomic E-state index is 12.3. The second kappa shape index (κ2) is 9.71. The molecule has 1 atom stereocenters. The van der Waals surface area contributed by atoms with Crippen molar-refractivity contribution in [3.05, 3.63) is 58.5 Å². The Bertz CT molecular complexity index is 855. The van der Waals surface area contributed by atoms with Gasteiger partial charge in [0.05, 0.1) is 25.8 Å². The molecule has 0 saturated carbocycles. The van der Waals surface area contributed by atoms with Crippen LogP contribution < -0.4 is 10.6 Å². The number of rotatable bonds is 7. The van der Waals surface area contributed by atoms with Crippen LogP contribution in [0.4, 0.5) is 0 Å². The molecule has 29 heavy (non-hydrogen) atoms. The lowest BCUT2D eigenvalue weighted by Crippen LogP contribution is -2.45. The molecule has 0 spiro atoms. The number of nitrogens with one attached hydrogen (secondary N) is 2. The van der Waals surface area contributed by atoms with E-state index < -0.39 is 0 Å². The van der Waals surface area contributed by atoms with Crippen molar-refractivity contribution in [2.45, 2.75) is 26.8 Å². The van der Waals surface area contributed by atoms with Crippen LogP contribution in [-0.2, 0) is 9.53 Å². The van der Waals surface area contributed by atoms with Gasteiger partial charge in [-0.3, -0.25) is 14.5 Å². The molecule has 1 aliphatic heterocycles. The molecule has 2 N–H and O–H groups in total. The van der Waals surface area contributed by atoms with Crippen LogP contribution in [0.25, 0.3) is 0 Å². The highest BCUT2D eigenvalue weighted by Gasteiger charge is 2.25. The Morgan fingerprint density at radius 3 is 2.45 bits per heavy atom. The fourth-order valence-electron chi connectivity index (χ4n) is 3.35. The zero-order valence-corrected chi connectivity index (χ0v) is 17.3. The highest BCUT2D eigenvalue weighted by atomic mass is 16.5. The van der Waals surface area contributed by atoms with E-state index in [0.29, 0.717) is 25.3 Å². The third kappa shape index (κ3) is 5.68. The number of carbonyl (C=O) groups excluding carboxylic acids is 2. The van der Waals surface area contributed by atoms with Crippen LogP contribution in [0.2, 0.25) is 0 Å². The van der Waals surface area contributed by atoms with E-state index in [4.69, 9.17) is 9.15 Å². The summed E-state index contributed by atoms with van der Waals surface area (Å²) in [5.74, 6) is 1.17. The van der Waals surface area contributed by atoms with Crippen molar-refractivity contribution in [2.24, 2.45) is 0 Å². The predicted octanol–water partition coefficient (Wildman–Crippen LogP) is 2.12. The van der Waals surface area contributed by atoms with Crippen molar-refractivity contribution in [3.8, 4) is 0 Å². The second-order valence-electron chi connectivity index (χ2n) is 7.40. The molecule has 1 aromatic carbocycles. The van der Waals surface area contributed by atoms with Crippen molar-refractivity contribution in [1.29, 1.82) is 0 Å². The van der Waals surface area contributed by atoms with Gasteiger partial charge in [0.25, 0.3) is 5.91 Å². The van der Waals surface area contributed by atoms with Gasteiger partial charge in [-0.15, -0.1) is 0 Å². The number of nitrogens with zero attached hydrogens (tertiary/aromatic N) is 1. The normalized spacial score (nSPS) is 15.7. The number of benzene rings is 1. The fourth-order valence-corrected chi connectivity index (χ4v) is 3.35. The fraction of sp³-hybridized carbons (Fsp3) is 0.455. The summed E-state index contributed by atoms with van der Waals surface area (Å²) in [7, 11) is 0. The number of hydrogen-bond acceptors (Lipinski definition) is 5. The molecule has 0 bridgehead atoms. The Labute approximate surface area is 171 Å². The van der Waals surface area contributed by atoms with Gasteiger partial charge in [0.2, 0.25) is 5.91 Å². The maximum Gasteiger partial charge on any atom is 0.251 e. The quantitative estimate of drug-likeness (QED) is 0.745. The first-order chi connectivity index (χ1) is 13.9. The van der Waals surface area contributed by atoms with Crippen molar-refractivity contribution in [2.75, 3.05) is 39.4 Å². The minimum atomic E-state index is -0.255. The lowest BCUT2D eigenvalue weighted by molar-refractivity contribution is -0.120. The standard InChI is InChI=1S/C22H29N3O4/c1-15-4-6-18(12-16(15)2)22(27)24-14-21(26)23-13-19(20-7-5-17(3)29-20)25-8-10-28-11-9-25/h4-7,12,19H,8-11,13-14H2,1-3H3,(H,23,26)(H,24,27). The molecule has 7 nitrogen and oxygen atoms in total. The molecule has 7 heteroatoms. The topological polar surface area (TPSA) is 83.8 Å². The summed E-state index contributed by atoms with van der Waals surface area (Å²) < 4.78 is 11.2. The Hall–Kier alpha value is -2.64. The number of aryl methyl sites for hydroxylation is 3. The Morgan fingerprint density at radius 2 is 1.79 bits per heavy atom. The molecule has 1 fully saturated rings. The maximum absolute atomic E-state index is 12.3. The summed E-state index contributed by atoms with van der Waals surface area (Å²) in [6.07, 6.45) is 0. The van der Waals surface area contributed by atoms with Crippen LogP contribution in [-0.4, -0.2) is 56.1 Å². The molecule has 3 rings (SSSR count). The van der Waals surface area contributed by atoms with E-state index in [2.05, 4.69) is 15.5 Å². The lowest BCUT2D eigenvalue weighted by atomic mass is 10.1. The molecule has 1 aliphatic rings. The number of ether oxygens (including phenoxy) is 1. The van der Waals surface area contributed by atoms with Crippen molar-refractivity contribution in [3.63, 3.8) is 0 Å². The van der Waals surface area contributed by atoms with Gasteiger partial charge in [0, 0.05) is 25.2 Å². The van der Waals surface area contributed by atoms with Crippen molar-refractivity contribution in [1.82, 2.24) is 15.5 Å². The molecular weight excluding hydrogens is 370 g/mol. The molecule has 2 amide bonds. The molecule has 1 unspecified atom stereocenters. The van der Waals surface area contributed by atoms with E-state index in [1.165, 1.54) is 0 Å². The third-order valence-electron chi connectivity index (χ3n) is 5.25. The van der Waals surface area contributed by atoms with Gasteiger partial charge in [0.15, 0.2) is 0 Å². The molecule has 1 saturated heterocycles. The van der Waals surface area contributed by atoms with Crippen LogP contribution in [0, 0.1) is 20.8 Å². The molecule has 2 heterocycles. The summed E-state index contributed by atoms with van der Waals surface area (Å²) in [5, 5.41) is 5.60. The Balaban J connectivity index is 1.54. The molecule has 1 aromatic heterocycles. The average Bonchev–Trinajstić information content (AvgIpc) is 3.15. The van der Waals surface area contributed by atoms with Gasteiger partial charge in [-0.25, -0.2) is 0 Å². The first kappa shape index (κ1) is 21.1. The highest BCUT2D eigenvalue weighted by molar-refractivity contribution is 5.96. The monoisotopic (exact) mass is 399 g/mol. The lowest BCUT2D eigenvalue weighted by Gasteiger charge is -2.33. The predicted molar refractivity (Wildman–Crippen MR) is 110 cm³/mol. The SMILES string of the molecule is Cc1ccc(C(CNC(=O)CNC(=O)c2ccc(C)c(C)c2)N2CCOCC2)o1. The molecule has 0 aliphatic carbocycles. The first-order valence-corrected chi connectivity index (χ1v) is 9.94. The van der Waals surface area contributed by atoms with Crippen LogP contribution in [0.15, 0.2) is 34.7 Å². The first-order valence-electron chi connectivity index (χ1n) is 9.94. The van der Waals surface area contributed by atoms with Crippen LogP contribution in [0.3, 0.4) is 0 Å². The van der Waals surface area contributed by atoms with Crippen LogP contribution >= 0.6 is 0 Å². The van der Waals surface area contributed by atoms with E-state index in [-0.39, 0.29) is 24.4 Å². The minimum absolute atomic E-state index is 0.0630. The third-order valence-corrected chi connectivity index (χ3v) is 5.25. The second-order valence-corrected chi connectivity index (χ2v) is 7.40. The average molecular weight is 399 g/mol. The number of morpholine rings is 1. The van der Waals surface area contributed by atoms with E-state index in [1.54, 1.807) is 6.07 Å². The van der Waals surface area contributed by atoms with E-state index in [0.717, 1.165) is 35.7 Å². The van der Waals surface area contributed by atoms with Crippen molar-refractivity contribution >= 4 is 11.8 Å². The van der Waals surface area contributed by atoms with Crippen LogP contribution in [0.5, 0.6) is 0 Å². The summed E-state index contributed by atoms with van der Waals surface area (Å²) in [4.78, 5) is 26.9. The number of furan rings is 1. The van der Waals surface area contributed by atoms with Crippen molar-refractivity contribution < 1.29 is 18.7 Å². The van der Waals surface area contributed by atoms with E-state index >= 15 is 0 Å². The Morgan fingerprint density at radius 1 is 1.03 bits per heavy atom. The molecule has 2 aromatic rings. The van der Waals surface area contributed by atoms with Gasteiger partial charge in [-0.05, 0) is 56.2 Å². The number of carbonyl (C=O) groups is 2. The van der Waals surface area contributed by atoms with E-state index in [9.17, 15) is 9.59 Å². The largest absolute Gasteiger partial charge is 0.465 e. The summed E-state index contributed by atoms with van der Waals surface area (Å²) in [5.41, 5.74) is 2.73. The summed E-state index contributed by atoms with van der Waals surface area (Å²) >= 11 is 0. The van der Waals surface area contributed by atoms with Gasteiger partial charge in [0.1, 0.15) is 11.5 Å². The Kier molecular flexibility index (Phi) is 7.06. The molecular formula is C22H29N3O4.